The van der Waals surface area contributed by atoms with Crippen LogP contribution in [0, 0.1) is 5.92 Å². The Morgan fingerprint density at radius 3 is 2.55 bits per heavy atom. The van der Waals surface area contributed by atoms with E-state index in [-0.39, 0.29) is 12.0 Å². The summed E-state index contributed by atoms with van der Waals surface area (Å²) in [5.41, 5.74) is 6.87. The first-order valence-electron chi connectivity index (χ1n) is 13.5. The molecule has 14 heteroatoms. The summed E-state index contributed by atoms with van der Waals surface area (Å²) in [5.74, 6) is 1.20. The van der Waals surface area contributed by atoms with E-state index in [0.29, 0.717) is 83.1 Å². The second-order valence-electron chi connectivity index (χ2n) is 9.87. The first kappa shape index (κ1) is 30.1. The Morgan fingerprint density at radius 2 is 1.86 bits per heavy atom. The molecule has 4 heterocycles. The van der Waals surface area contributed by atoms with Gasteiger partial charge in [0.1, 0.15) is 17.0 Å². The van der Waals surface area contributed by atoms with E-state index in [9.17, 15) is 4.79 Å². The zero-order chi connectivity index (χ0) is 29.6. The molecule has 0 unspecified atom stereocenters. The Labute approximate surface area is 253 Å². The summed E-state index contributed by atoms with van der Waals surface area (Å²) in [6, 6.07) is 3.33. The Balaban J connectivity index is 1.51. The number of halogens is 2. The van der Waals surface area contributed by atoms with Crippen molar-refractivity contribution in [2.24, 2.45) is 11.7 Å². The molecule has 2 atom stereocenters. The highest BCUT2D eigenvalue weighted by Crippen LogP contribution is 2.46. The van der Waals surface area contributed by atoms with Gasteiger partial charge in [0, 0.05) is 55.3 Å². The van der Waals surface area contributed by atoms with Crippen molar-refractivity contribution in [3.63, 3.8) is 0 Å². The number of pyridine rings is 1. The highest BCUT2D eigenvalue weighted by molar-refractivity contribution is 6.41. The predicted octanol–water partition coefficient (Wildman–Crippen LogP) is 3.23. The van der Waals surface area contributed by atoms with E-state index < -0.39 is 5.91 Å². The molecule has 0 bridgehead atoms. The molecule has 1 amide bonds. The molecule has 42 heavy (non-hydrogen) atoms. The summed E-state index contributed by atoms with van der Waals surface area (Å²) in [7, 11) is 3.05. The predicted molar refractivity (Wildman–Crippen MR) is 162 cm³/mol. The minimum atomic E-state index is -0.508. The first-order chi connectivity index (χ1) is 20.4. The normalized spacial score (nSPS) is 19.3. The lowest BCUT2D eigenvalue weighted by molar-refractivity contribution is -0.113. The van der Waals surface area contributed by atoms with Gasteiger partial charge in [-0.1, -0.05) is 29.3 Å². The summed E-state index contributed by atoms with van der Waals surface area (Å²) in [6.45, 7) is 5.49. The highest BCUT2D eigenvalue weighted by Gasteiger charge is 2.27. The number of fused-ring (bicyclic) bond motifs is 1. The van der Waals surface area contributed by atoms with Crippen LogP contribution in [0.2, 0.25) is 10.0 Å². The molecule has 12 nitrogen and oxygen atoms in total. The van der Waals surface area contributed by atoms with Gasteiger partial charge < -0.3 is 35.3 Å². The molecule has 2 aliphatic heterocycles. The molecule has 2 aromatic heterocycles. The van der Waals surface area contributed by atoms with Crippen LogP contribution in [-0.2, 0) is 14.3 Å². The van der Waals surface area contributed by atoms with Crippen molar-refractivity contribution in [1.29, 1.82) is 0 Å². The van der Waals surface area contributed by atoms with Gasteiger partial charge in [-0.25, -0.2) is 15.0 Å². The number of nitrogens with one attached hydrogen (secondary N) is 2. The maximum absolute atomic E-state index is 11.2. The molecule has 3 aromatic rings. The Morgan fingerprint density at radius 1 is 1.12 bits per heavy atom. The lowest BCUT2D eigenvalue weighted by atomic mass is 10.0. The third-order valence-electron chi connectivity index (χ3n) is 7.17. The topological polar surface area (TPSA) is 146 Å². The second kappa shape index (κ2) is 13.7. The van der Waals surface area contributed by atoms with Crippen molar-refractivity contribution < 1.29 is 23.7 Å². The monoisotopic (exact) mass is 617 g/mol. The smallest absolute Gasteiger partial charge is 0.241 e. The number of carbonyl (C=O) groups is 1. The fraction of sp³-hybridized carbons (Fsp3) is 0.429. The van der Waals surface area contributed by atoms with E-state index in [2.05, 4.69) is 20.5 Å². The number of nitrogens with zero attached hydrogens (tertiary/aromatic N) is 4. The SMILES string of the molecule is COc1cc(OC)c(Cl)c(-c2cc3cnc(N[C@@H]4COC[C@@H]4C=CC(N)=O)nc3c(NCCN3CCOCC3)n2)c1Cl. The Bertz CT molecular complexity index is 1440. The minimum Gasteiger partial charge on any atom is -0.495 e. The second-order valence-corrected chi connectivity index (χ2v) is 10.6. The number of primary amides is 1. The molecule has 2 fully saturated rings. The lowest BCUT2D eigenvalue weighted by Gasteiger charge is -2.26. The van der Waals surface area contributed by atoms with E-state index in [1.165, 1.54) is 20.3 Å². The maximum Gasteiger partial charge on any atom is 0.241 e. The average molecular weight is 619 g/mol. The quantitative estimate of drug-likeness (QED) is 0.272. The molecular formula is C28H33Cl2N7O5. The van der Waals surface area contributed by atoms with Gasteiger partial charge in [0.15, 0.2) is 5.82 Å². The fourth-order valence-corrected chi connectivity index (χ4v) is 5.62. The van der Waals surface area contributed by atoms with Crippen LogP contribution in [0.5, 0.6) is 11.5 Å². The van der Waals surface area contributed by atoms with Crippen LogP contribution in [0.25, 0.3) is 22.2 Å². The minimum absolute atomic E-state index is 0.0595. The van der Waals surface area contributed by atoms with E-state index in [4.69, 9.17) is 57.9 Å². The van der Waals surface area contributed by atoms with Crippen molar-refractivity contribution in [1.82, 2.24) is 19.9 Å². The summed E-state index contributed by atoms with van der Waals surface area (Å²) in [6.07, 6.45) is 4.81. The van der Waals surface area contributed by atoms with E-state index in [1.54, 1.807) is 18.3 Å². The molecule has 5 rings (SSSR count). The number of hydrogen-bond donors (Lipinski definition) is 3. The number of ether oxygens (including phenoxy) is 4. The van der Waals surface area contributed by atoms with Crippen LogP contribution in [0.3, 0.4) is 0 Å². The average Bonchev–Trinajstić information content (AvgIpc) is 3.43. The molecule has 0 spiro atoms. The molecular weight excluding hydrogens is 585 g/mol. The number of methoxy groups -OCH3 is 2. The number of anilines is 2. The third-order valence-corrected chi connectivity index (χ3v) is 7.92. The Kier molecular flexibility index (Phi) is 9.80. The van der Waals surface area contributed by atoms with Crippen molar-refractivity contribution in [2.75, 3.05) is 77.5 Å². The van der Waals surface area contributed by atoms with Gasteiger partial charge in [0.2, 0.25) is 11.9 Å². The van der Waals surface area contributed by atoms with Crippen molar-refractivity contribution >= 4 is 51.8 Å². The van der Waals surface area contributed by atoms with Gasteiger partial charge in [0.25, 0.3) is 0 Å². The van der Waals surface area contributed by atoms with Crippen LogP contribution in [0.1, 0.15) is 0 Å². The molecule has 2 aliphatic rings. The van der Waals surface area contributed by atoms with Crippen molar-refractivity contribution in [3.8, 4) is 22.8 Å². The Hall–Kier alpha value is -3.42. The molecule has 0 radical (unpaired) electrons. The number of benzene rings is 1. The summed E-state index contributed by atoms with van der Waals surface area (Å²) in [4.78, 5) is 27.8. The van der Waals surface area contributed by atoms with Gasteiger partial charge in [0.05, 0.1) is 62.4 Å². The van der Waals surface area contributed by atoms with Crippen LogP contribution < -0.4 is 25.8 Å². The summed E-state index contributed by atoms with van der Waals surface area (Å²) >= 11 is 13.5. The fourth-order valence-electron chi connectivity index (χ4n) is 4.92. The van der Waals surface area contributed by atoms with Crippen LogP contribution in [0.4, 0.5) is 11.8 Å². The van der Waals surface area contributed by atoms with Crippen molar-refractivity contribution in [3.05, 3.63) is 40.5 Å². The van der Waals surface area contributed by atoms with Gasteiger partial charge in [-0.3, -0.25) is 9.69 Å². The molecule has 2 saturated heterocycles. The van der Waals surface area contributed by atoms with Crippen LogP contribution >= 0.6 is 23.2 Å². The first-order valence-corrected chi connectivity index (χ1v) is 14.3. The summed E-state index contributed by atoms with van der Waals surface area (Å²) in [5, 5.41) is 8.13. The van der Waals surface area contributed by atoms with Crippen molar-refractivity contribution in [2.45, 2.75) is 6.04 Å². The standard InChI is InChI=1S/C28H33Cl2N7O5/c1-39-20-12-21(40-2)25(30)23(24(20)29)18-11-17-13-33-28(35-19-15-42-14-16(19)3-4-22(31)38)36-26(17)27(34-18)32-5-6-37-7-9-41-10-8-37/h3-4,11-13,16,19H,5-10,14-15H2,1-2H3,(H2,31,38)(H,32,34)(H,33,35,36)/t16-,19+/m0/s1. The van der Waals surface area contributed by atoms with Gasteiger partial charge in [-0.05, 0) is 12.1 Å². The van der Waals surface area contributed by atoms with E-state index in [0.717, 1.165) is 25.0 Å². The van der Waals surface area contributed by atoms with Crippen LogP contribution in [-0.4, -0.2) is 98.6 Å². The zero-order valence-electron chi connectivity index (χ0n) is 23.4. The molecule has 4 N–H and O–H groups in total. The van der Waals surface area contributed by atoms with Gasteiger partial charge >= 0.3 is 0 Å². The maximum atomic E-state index is 11.2. The number of amides is 1. The number of carbonyl (C=O) groups excluding carboxylic acids is 1. The molecule has 1 aromatic carbocycles. The molecule has 0 saturated carbocycles. The van der Waals surface area contributed by atoms with Gasteiger partial charge in [-0.15, -0.1) is 0 Å². The summed E-state index contributed by atoms with van der Waals surface area (Å²) < 4.78 is 22.0. The highest BCUT2D eigenvalue weighted by atomic mass is 35.5. The van der Waals surface area contributed by atoms with E-state index >= 15 is 0 Å². The number of nitrogens with two attached hydrogens (primary N) is 1. The number of morpholine rings is 1. The molecule has 0 aliphatic carbocycles. The van der Waals surface area contributed by atoms with E-state index in [1.807, 2.05) is 6.07 Å². The lowest BCUT2D eigenvalue weighted by Crippen LogP contribution is -2.39. The number of aromatic nitrogens is 3. The van der Waals surface area contributed by atoms with Crippen LogP contribution in [0.15, 0.2) is 30.5 Å². The largest absolute Gasteiger partial charge is 0.495 e. The van der Waals surface area contributed by atoms with Gasteiger partial charge in [-0.2, -0.15) is 0 Å². The number of hydrogen-bond acceptors (Lipinski definition) is 11. The number of rotatable bonds is 11. The third kappa shape index (κ3) is 6.79. The molecule has 224 valence electrons. The zero-order valence-corrected chi connectivity index (χ0v) is 24.9.